The molecule has 0 radical (unpaired) electrons. The van der Waals surface area contributed by atoms with Crippen molar-refractivity contribution in [2.24, 2.45) is 11.8 Å². The Bertz CT molecular complexity index is 877. The van der Waals surface area contributed by atoms with Crippen molar-refractivity contribution >= 4 is 28.9 Å². The number of carboxylic acid groups (broad SMARTS) is 1. The Kier molecular flexibility index (Phi) is 6.57. The molecule has 0 unspecified atom stereocenters. The second kappa shape index (κ2) is 9.34. The fourth-order valence-corrected chi connectivity index (χ4v) is 5.99. The van der Waals surface area contributed by atoms with Crippen molar-refractivity contribution in [3.05, 3.63) is 41.3 Å². The van der Waals surface area contributed by atoms with Gasteiger partial charge in [0.25, 0.3) is 0 Å². The number of carbonyl (C=O) groups excluding carboxylic acids is 1. The summed E-state index contributed by atoms with van der Waals surface area (Å²) in [6.07, 6.45) is 9.34. The molecule has 1 N–H and O–H groups in total. The summed E-state index contributed by atoms with van der Waals surface area (Å²) in [4.78, 5) is 29.0. The maximum Gasteiger partial charge on any atom is 0.348 e. The normalized spacial score (nSPS) is 22.6. The maximum absolute atomic E-state index is 13.8. The van der Waals surface area contributed by atoms with Crippen LogP contribution in [0.3, 0.4) is 0 Å². The van der Waals surface area contributed by atoms with Crippen LogP contribution in [0.5, 0.6) is 0 Å². The average Bonchev–Trinajstić information content (AvgIpc) is 3.21. The van der Waals surface area contributed by atoms with Gasteiger partial charge in [-0.25, -0.2) is 4.79 Å². The number of carboxylic acids is 1. The zero-order valence-electron chi connectivity index (χ0n) is 17.7. The minimum absolute atomic E-state index is 0.0184. The topological polar surface area (TPSA) is 57.6 Å². The van der Waals surface area contributed by atoms with E-state index >= 15 is 0 Å². The van der Waals surface area contributed by atoms with Crippen molar-refractivity contribution in [2.45, 2.75) is 70.8 Å². The van der Waals surface area contributed by atoms with E-state index in [9.17, 15) is 14.7 Å². The Morgan fingerprint density at radius 1 is 0.967 bits per heavy atom. The van der Waals surface area contributed by atoms with Gasteiger partial charge in [0.1, 0.15) is 4.88 Å². The zero-order chi connectivity index (χ0) is 21.1. The Morgan fingerprint density at radius 2 is 1.63 bits per heavy atom. The number of hydrogen-bond acceptors (Lipinski definition) is 3. The highest BCUT2D eigenvalue weighted by Gasteiger charge is 2.36. The van der Waals surface area contributed by atoms with Gasteiger partial charge in [0.05, 0.1) is 5.69 Å². The highest BCUT2D eigenvalue weighted by atomic mass is 32.1. The van der Waals surface area contributed by atoms with Gasteiger partial charge in [0.2, 0.25) is 5.91 Å². The van der Waals surface area contributed by atoms with Gasteiger partial charge in [0.15, 0.2) is 0 Å². The van der Waals surface area contributed by atoms with E-state index in [1.54, 1.807) is 0 Å². The van der Waals surface area contributed by atoms with E-state index in [1.165, 1.54) is 17.8 Å². The van der Waals surface area contributed by atoms with Gasteiger partial charge in [-0.2, -0.15) is 0 Å². The molecule has 2 fully saturated rings. The highest BCUT2D eigenvalue weighted by Crippen LogP contribution is 2.41. The molecule has 1 aromatic carbocycles. The monoisotopic (exact) mass is 425 g/mol. The first-order chi connectivity index (χ1) is 14.5. The fourth-order valence-electron chi connectivity index (χ4n) is 5.00. The van der Waals surface area contributed by atoms with Gasteiger partial charge in [0, 0.05) is 16.8 Å². The summed E-state index contributed by atoms with van der Waals surface area (Å²) < 4.78 is 0. The van der Waals surface area contributed by atoms with Crippen molar-refractivity contribution < 1.29 is 14.7 Å². The third-order valence-corrected chi connectivity index (χ3v) is 7.93. The van der Waals surface area contributed by atoms with Crippen LogP contribution in [0.2, 0.25) is 0 Å². The molecule has 1 heterocycles. The van der Waals surface area contributed by atoms with Gasteiger partial charge in [-0.1, -0.05) is 56.5 Å². The number of nitrogens with zero attached hydrogens (tertiary/aromatic N) is 1. The van der Waals surface area contributed by atoms with Crippen LogP contribution in [0, 0.1) is 11.8 Å². The molecular formula is C25H31NO3S. The van der Waals surface area contributed by atoms with Gasteiger partial charge in [-0.15, -0.1) is 11.3 Å². The van der Waals surface area contributed by atoms with Gasteiger partial charge >= 0.3 is 5.97 Å². The second-order valence-electron chi connectivity index (χ2n) is 8.95. The van der Waals surface area contributed by atoms with E-state index in [0.29, 0.717) is 11.6 Å². The number of rotatable bonds is 5. The van der Waals surface area contributed by atoms with Crippen LogP contribution in [0.25, 0.3) is 10.4 Å². The van der Waals surface area contributed by atoms with Gasteiger partial charge in [-0.05, 0) is 56.1 Å². The van der Waals surface area contributed by atoms with Crippen molar-refractivity contribution in [1.82, 2.24) is 0 Å². The van der Waals surface area contributed by atoms with Crippen LogP contribution in [0.1, 0.15) is 74.4 Å². The molecule has 30 heavy (non-hydrogen) atoms. The van der Waals surface area contributed by atoms with E-state index in [2.05, 4.69) is 6.92 Å². The standard InChI is InChI=1S/C25H31NO3S/c1-17-12-14-19(15-13-17)24(27)26(20-10-6-3-7-11-20)21-16-22(30-23(21)25(28)29)18-8-4-2-5-9-18/h2,4-5,8-9,16-17,19-20H,3,6-7,10-15H2,1H3,(H,28,29). The maximum atomic E-state index is 13.8. The highest BCUT2D eigenvalue weighted by molar-refractivity contribution is 7.18. The largest absolute Gasteiger partial charge is 0.477 e. The molecule has 2 aliphatic carbocycles. The third kappa shape index (κ3) is 4.46. The number of carbonyl (C=O) groups is 2. The first-order valence-corrected chi connectivity index (χ1v) is 12.1. The predicted molar refractivity (Wildman–Crippen MR) is 122 cm³/mol. The van der Waals surface area contributed by atoms with Crippen LogP contribution in [0.4, 0.5) is 5.69 Å². The number of anilines is 1. The Hall–Kier alpha value is -2.14. The lowest BCUT2D eigenvalue weighted by Crippen LogP contribution is -2.46. The molecule has 5 heteroatoms. The van der Waals surface area contributed by atoms with Crippen molar-refractivity contribution in [2.75, 3.05) is 4.90 Å². The van der Waals surface area contributed by atoms with E-state index in [4.69, 9.17) is 0 Å². The smallest absolute Gasteiger partial charge is 0.348 e. The summed E-state index contributed by atoms with van der Waals surface area (Å²) in [6, 6.07) is 11.9. The van der Waals surface area contributed by atoms with E-state index in [-0.39, 0.29) is 22.7 Å². The van der Waals surface area contributed by atoms with Gasteiger partial charge in [-0.3, -0.25) is 4.79 Å². The second-order valence-corrected chi connectivity index (χ2v) is 10.0. The molecule has 0 spiro atoms. The Morgan fingerprint density at radius 3 is 2.27 bits per heavy atom. The minimum atomic E-state index is -0.942. The summed E-state index contributed by atoms with van der Waals surface area (Å²) >= 11 is 1.28. The predicted octanol–water partition coefficient (Wildman–Crippen LogP) is 6.61. The lowest BCUT2D eigenvalue weighted by atomic mass is 9.81. The number of amides is 1. The molecule has 0 saturated heterocycles. The molecule has 160 valence electrons. The lowest BCUT2D eigenvalue weighted by molar-refractivity contribution is -0.124. The number of thiophene rings is 1. The number of hydrogen-bond donors (Lipinski definition) is 1. The first kappa shape index (κ1) is 21.1. The molecule has 4 rings (SSSR count). The lowest BCUT2D eigenvalue weighted by Gasteiger charge is -2.38. The molecule has 0 aliphatic heterocycles. The van der Waals surface area contributed by atoms with Crippen LogP contribution < -0.4 is 4.90 Å². The summed E-state index contributed by atoms with van der Waals surface area (Å²) in [5.74, 6) is -0.0980. The van der Waals surface area contributed by atoms with E-state index in [1.807, 2.05) is 41.3 Å². The van der Waals surface area contributed by atoms with Crippen LogP contribution in [0.15, 0.2) is 36.4 Å². The SMILES string of the molecule is CC1CCC(C(=O)N(c2cc(-c3ccccc3)sc2C(=O)O)C2CCCCC2)CC1. The summed E-state index contributed by atoms with van der Waals surface area (Å²) in [7, 11) is 0. The number of benzene rings is 1. The summed E-state index contributed by atoms with van der Waals surface area (Å²) in [5.41, 5.74) is 1.61. The van der Waals surface area contributed by atoms with Crippen molar-refractivity contribution in [3.63, 3.8) is 0 Å². The van der Waals surface area contributed by atoms with E-state index in [0.717, 1.165) is 61.8 Å². The van der Waals surface area contributed by atoms with Gasteiger partial charge < -0.3 is 10.0 Å². The van der Waals surface area contributed by atoms with Crippen molar-refractivity contribution in [3.8, 4) is 10.4 Å². The summed E-state index contributed by atoms with van der Waals surface area (Å²) in [5, 5.41) is 9.97. The molecular weight excluding hydrogens is 394 g/mol. The van der Waals surface area contributed by atoms with Crippen LogP contribution in [-0.2, 0) is 4.79 Å². The fraction of sp³-hybridized carbons (Fsp3) is 0.520. The summed E-state index contributed by atoms with van der Waals surface area (Å²) in [6.45, 7) is 2.26. The molecule has 1 amide bonds. The molecule has 2 aromatic rings. The Balaban J connectivity index is 1.73. The molecule has 2 saturated carbocycles. The average molecular weight is 426 g/mol. The Labute approximate surface area is 182 Å². The minimum Gasteiger partial charge on any atom is -0.477 e. The third-order valence-electron chi connectivity index (χ3n) is 6.77. The molecule has 1 aromatic heterocycles. The molecule has 0 atom stereocenters. The molecule has 4 nitrogen and oxygen atoms in total. The van der Waals surface area contributed by atoms with Crippen LogP contribution in [-0.4, -0.2) is 23.0 Å². The van der Waals surface area contributed by atoms with Crippen LogP contribution >= 0.6 is 11.3 Å². The molecule has 0 bridgehead atoms. The quantitative estimate of drug-likeness (QED) is 0.587. The zero-order valence-corrected chi connectivity index (χ0v) is 18.5. The molecule has 2 aliphatic rings. The first-order valence-electron chi connectivity index (χ1n) is 11.3. The van der Waals surface area contributed by atoms with Crippen molar-refractivity contribution in [1.29, 1.82) is 0 Å². The number of aromatic carboxylic acids is 1. The van der Waals surface area contributed by atoms with E-state index < -0.39 is 5.97 Å².